The lowest BCUT2D eigenvalue weighted by Gasteiger charge is -2.15. The summed E-state index contributed by atoms with van der Waals surface area (Å²) in [7, 11) is 0. The zero-order valence-electron chi connectivity index (χ0n) is 13.4. The second kappa shape index (κ2) is 7.84. The number of rotatable bonds is 2. The van der Waals surface area contributed by atoms with E-state index in [1.807, 2.05) is 5.32 Å². The van der Waals surface area contributed by atoms with Crippen LogP contribution in [0.2, 0.25) is 5.02 Å². The minimum absolute atomic E-state index is 0.0298. The second-order valence-electron chi connectivity index (χ2n) is 5.36. The number of benzene rings is 2. The van der Waals surface area contributed by atoms with Gasteiger partial charge in [-0.1, -0.05) is 11.6 Å². The number of thiocarbonyl (C=S) groups is 1. The molecule has 28 heavy (non-hydrogen) atoms. The molecule has 3 N–H and O–H groups in total. The van der Waals surface area contributed by atoms with Crippen LogP contribution in [0.4, 0.5) is 32.0 Å². The van der Waals surface area contributed by atoms with Crippen LogP contribution in [-0.2, 0) is 12.4 Å². The van der Waals surface area contributed by atoms with Crippen LogP contribution in [-0.4, -0.2) is 16.1 Å². The Morgan fingerprint density at radius 3 is 2.00 bits per heavy atom. The van der Waals surface area contributed by atoms with Gasteiger partial charge in [0.2, 0.25) is 0 Å². The normalized spacial score (nSPS) is 11.8. The molecular formula is C16H9ClF6N2O2S. The van der Waals surface area contributed by atoms with Crippen molar-refractivity contribution in [2.75, 3.05) is 5.32 Å². The van der Waals surface area contributed by atoms with Gasteiger partial charge in [-0.25, -0.2) is 0 Å². The molecule has 0 radical (unpaired) electrons. The van der Waals surface area contributed by atoms with Gasteiger partial charge in [0.15, 0.2) is 5.11 Å². The van der Waals surface area contributed by atoms with Gasteiger partial charge in [-0.15, -0.1) is 0 Å². The first-order chi connectivity index (χ1) is 12.8. The summed E-state index contributed by atoms with van der Waals surface area (Å²) in [6.45, 7) is 0. The Hall–Kier alpha value is -2.53. The van der Waals surface area contributed by atoms with E-state index in [0.717, 1.165) is 0 Å². The highest BCUT2D eigenvalue weighted by Crippen LogP contribution is 2.36. The molecular weight excluding hydrogens is 434 g/mol. The standard InChI is InChI=1S/C16H9ClF6N2O2S/c17-10-1-2-12(26)11(6-10)24-14(28)25-13(27)7-3-8(15(18,19)20)5-9(4-7)16(21,22)23/h1-6,26H,(H2,24,25,27,28). The highest BCUT2D eigenvalue weighted by molar-refractivity contribution is 7.80. The van der Waals surface area contributed by atoms with Crippen molar-refractivity contribution in [3.63, 3.8) is 0 Å². The monoisotopic (exact) mass is 442 g/mol. The molecule has 0 aliphatic heterocycles. The van der Waals surface area contributed by atoms with E-state index in [0.29, 0.717) is 0 Å². The number of hydrogen-bond donors (Lipinski definition) is 3. The van der Waals surface area contributed by atoms with Crippen LogP contribution in [0.5, 0.6) is 5.75 Å². The number of nitrogens with one attached hydrogen (secondary N) is 2. The summed E-state index contributed by atoms with van der Waals surface area (Å²) in [6, 6.07) is 4.23. The summed E-state index contributed by atoms with van der Waals surface area (Å²) in [5.74, 6) is -1.62. The van der Waals surface area contributed by atoms with Crippen molar-refractivity contribution in [3.8, 4) is 5.75 Å². The third-order valence-corrected chi connectivity index (χ3v) is 3.72. The predicted molar refractivity (Wildman–Crippen MR) is 93.2 cm³/mol. The molecule has 0 heterocycles. The van der Waals surface area contributed by atoms with Crippen molar-refractivity contribution in [1.82, 2.24) is 5.32 Å². The Balaban J connectivity index is 2.28. The maximum atomic E-state index is 12.9. The lowest BCUT2D eigenvalue weighted by Crippen LogP contribution is -2.34. The van der Waals surface area contributed by atoms with Gasteiger partial charge in [0.25, 0.3) is 5.91 Å². The number of phenols is 1. The average Bonchev–Trinajstić information content (AvgIpc) is 2.56. The van der Waals surface area contributed by atoms with Crippen molar-refractivity contribution in [1.29, 1.82) is 0 Å². The third kappa shape index (κ3) is 5.49. The number of aromatic hydroxyl groups is 1. The van der Waals surface area contributed by atoms with E-state index in [9.17, 15) is 36.2 Å². The fourth-order valence-electron chi connectivity index (χ4n) is 2.02. The van der Waals surface area contributed by atoms with Gasteiger partial charge < -0.3 is 10.4 Å². The lowest BCUT2D eigenvalue weighted by molar-refractivity contribution is -0.143. The van der Waals surface area contributed by atoms with Gasteiger partial charge in [-0.05, 0) is 48.6 Å². The van der Waals surface area contributed by atoms with E-state index >= 15 is 0 Å². The Kier molecular flexibility index (Phi) is 6.09. The van der Waals surface area contributed by atoms with E-state index in [1.165, 1.54) is 18.2 Å². The van der Waals surface area contributed by atoms with E-state index in [4.69, 9.17) is 23.8 Å². The highest BCUT2D eigenvalue weighted by Gasteiger charge is 2.37. The lowest BCUT2D eigenvalue weighted by atomic mass is 10.0. The smallest absolute Gasteiger partial charge is 0.416 e. The maximum absolute atomic E-state index is 12.9. The van der Waals surface area contributed by atoms with Crippen LogP contribution in [0, 0.1) is 0 Å². The van der Waals surface area contributed by atoms with E-state index < -0.39 is 40.1 Å². The average molecular weight is 443 g/mol. The number of anilines is 1. The molecule has 0 atom stereocenters. The van der Waals surface area contributed by atoms with Crippen LogP contribution >= 0.6 is 23.8 Å². The molecule has 12 heteroatoms. The third-order valence-electron chi connectivity index (χ3n) is 3.28. The van der Waals surface area contributed by atoms with Crippen molar-refractivity contribution in [2.24, 2.45) is 0 Å². The summed E-state index contributed by atoms with van der Waals surface area (Å²) in [5.41, 5.74) is -4.21. The minimum Gasteiger partial charge on any atom is -0.506 e. The topological polar surface area (TPSA) is 61.4 Å². The fourth-order valence-corrected chi connectivity index (χ4v) is 2.40. The highest BCUT2D eigenvalue weighted by atomic mass is 35.5. The molecule has 2 aromatic rings. The number of alkyl halides is 6. The summed E-state index contributed by atoms with van der Waals surface area (Å²) in [4.78, 5) is 12.1. The van der Waals surface area contributed by atoms with Gasteiger partial charge in [-0.3, -0.25) is 10.1 Å². The first-order valence-electron chi connectivity index (χ1n) is 7.17. The largest absolute Gasteiger partial charge is 0.506 e. The van der Waals surface area contributed by atoms with Crippen LogP contribution in [0.15, 0.2) is 36.4 Å². The molecule has 0 spiro atoms. The van der Waals surface area contributed by atoms with Crippen LogP contribution in [0.25, 0.3) is 0 Å². The fraction of sp³-hybridized carbons (Fsp3) is 0.125. The van der Waals surface area contributed by atoms with Crippen molar-refractivity contribution < 1.29 is 36.2 Å². The number of amides is 1. The van der Waals surface area contributed by atoms with E-state index in [-0.39, 0.29) is 34.7 Å². The molecule has 4 nitrogen and oxygen atoms in total. The van der Waals surface area contributed by atoms with Crippen LogP contribution in [0.3, 0.4) is 0 Å². The summed E-state index contributed by atoms with van der Waals surface area (Å²) in [6.07, 6.45) is -10.2. The molecule has 0 aliphatic carbocycles. The maximum Gasteiger partial charge on any atom is 0.416 e. The van der Waals surface area contributed by atoms with E-state index in [1.54, 1.807) is 0 Å². The SMILES string of the molecule is O=C(NC(=S)Nc1cc(Cl)ccc1O)c1cc(C(F)(F)F)cc(C(F)(F)F)c1. The summed E-state index contributed by atoms with van der Waals surface area (Å²) in [5, 5.41) is 13.7. The van der Waals surface area contributed by atoms with Crippen molar-refractivity contribution in [2.45, 2.75) is 12.4 Å². The first-order valence-corrected chi connectivity index (χ1v) is 7.96. The molecule has 2 aromatic carbocycles. The molecule has 1 amide bonds. The molecule has 0 saturated heterocycles. The van der Waals surface area contributed by atoms with Gasteiger partial charge in [-0.2, -0.15) is 26.3 Å². The Morgan fingerprint density at radius 1 is 0.964 bits per heavy atom. The Bertz CT molecular complexity index is 898. The second-order valence-corrected chi connectivity index (χ2v) is 6.21. The zero-order chi connectivity index (χ0) is 21.3. The number of carbonyl (C=O) groups is 1. The molecule has 0 bridgehead atoms. The van der Waals surface area contributed by atoms with E-state index in [2.05, 4.69) is 5.32 Å². The van der Waals surface area contributed by atoms with Crippen LogP contribution in [0.1, 0.15) is 21.5 Å². The van der Waals surface area contributed by atoms with Gasteiger partial charge in [0, 0.05) is 10.6 Å². The van der Waals surface area contributed by atoms with Crippen molar-refractivity contribution in [3.05, 3.63) is 58.1 Å². The molecule has 2 rings (SSSR count). The Morgan fingerprint density at radius 2 is 1.50 bits per heavy atom. The number of halogens is 7. The van der Waals surface area contributed by atoms with Crippen molar-refractivity contribution >= 4 is 40.5 Å². The Labute approximate surface area is 164 Å². The number of carbonyl (C=O) groups excluding carboxylic acids is 1. The molecule has 0 saturated carbocycles. The first kappa shape index (κ1) is 21.8. The van der Waals surface area contributed by atoms with Crippen LogP contribution < -0.4 is 10.6 Å². The number of hydrogen-bond acceptors (Lipinski definition) is 3. The quantitative estimate of drug-likeness (QED) is 0.339. The summed E-state index contributed by atoms with van der Waals surface area (Å²) >= 11 is 10.5. The van der Waals surface area contributed by atoms with Gasteiger partial charge >= 0.3 is 12.4 Å². The molecule has 0 fully saturated rings. The zero-order valence-corrected chi connectivity index (χ0v) is 14.9. The minimum atomic E-state index is -5.10. The molecule has 0 unspecified atom stereocenters. The van der Waals surface area contributed by atoms with Gasteiger partial charge in [0.05, 0.1) is 16.8 Å². The molecule has 0 aromatic heterocycles. The summed E-state index contributed by atoms with van der Waals surface area (Å²) < 4.78 is 77.1. The molecule has 0 aliphatic rings. The predicted octanol–water partition coefficient (Wildman–Crippen LogP) is 5.21. The molecule has 150 valence electrons. The van der Waals surface area contributed by atoms with Gasteiger partial charge in [0.1, 0.15) is 5.75 Å². The number of phenolic OH excluding ortho intramolecular Hbond substituents is 1.